The van der Waals surface area contributed by atoms with E-state index in [0.717, 1.165) is 19.1 Å². The van der Waals surface area contributed by atoms with E-state index in [0.29, 0.717) is 12.1 Å². The smallest absolute Gasteiger partial charge is 0.0630 e. The summed E-state index contributed by atoms with van der Waals surface area (Å²) in [5.74, 6) is 0.905. The molecule has 0 aromatic rings. The van der Waals surface area contributed by atoms with Gasteiger partial charge < -0.3 is 10.1 Å². The van der Waals surface area contributed by atoms with E-state index in [1.54, 1.807) is 7.11 Å². The summed E-state index contributed by atoms with van der Waals surface area (Å²) >= 11 is 0. The zero-order valence-electron chi connectivity index (χ0n) is 12.7. The molecule has 1 unspecified atom stereocenters. The van der Waals surface area contributed by atoms with Crippen molar-refractivity contribution in [1.82, 2.24) is 10.2 Å². The van der Waals surface area contributed by atoms with E-state index in [-0.39, 0.29) is 0 Å². The van der Waals surface area contributed by atoms with Crippen LogP contribution in [-0.2, 0) is 4.74 Å². The zero-order valence-corrected chi connectivity index (χ0v) is 12.7. The number of nitrogens with zero attached hydrogens (tertiary/aromatic N) is 1. The van der Waals surface area contributed by atoms with Crippen LogP contribution in [0.5, 0.6) is 0 Å². The Kier molecular flexibility index (Phi) is 7.87. The molecule has 0 bridgehead atoms. The summed E-state index contributed by atoms with van der Waals surface area (Å²) in [6.45, 7) is 7.47. The van der Waals surface area contributed by atoms with Crippen molar-refractivity contribution in [2.45, 2.75) is 58.0 Å². The van der Waals surface area contributed by atoms with Gasteiger partial charge in [0.2, 0.25) is 0 Å². The lowest BCUT2D eigenvalue weighted by Crippen LogP contribution is -2.46. The molecule has 1 N–H and O–H groups in total. The summed E-state index contributed by atoms with van der Waals surface area (Å²) in [6, 6.07) is 1.05. The number of nitrogens with one attached hydrogen (secondary N) is 1. The molecule has 1 aliphatic carbocycles. The molecule has 108 valence electrons. The van der Waals surface area contributed by atoms with Crippen molar-refractivity contribution in [3.05, 3.63) is 0 Å². The maximum atomic E-state index is 5.36. The van der Waals surface area contributed by atoms with E-state index in [9.17, 15) is 0 Å². The van der Waals surface area contributed by atoms with Crippen LogP contribution in [0.3, 0.4) is 0 Å². The highest BCUT2D eigenvalue weighted by Crippen LogP contribution is 2.24. The molecule has 1 fully saturated rings. The fourth-order valence-electron chi connectivity index (χ4n) is 2.83. The van der Waals surface area contributed by atoms with Gasteiger partial charge in [-0.1, -0.05) is 33.1 Å². The summed E-state index contributed by atoms with van der Waals surface area (Å²) in [7, 11) is 4.05. The van der Waals surface area contributed by atoms with E-state index in [1.165, 1.54) is 38.6 Å². The first-order valence-corrected chi connectivity index (χ1v) is 7.56. The summed E-state index contributed by atoms with van der Waals surface area (Å²) in [5, 5.41) is 3.53. The van der Waals surface area contributed by atoms with Gasteiger partial charge in [-0.25, -0.2) is 0 Å². The molecule has 1 saturated carbocycles. The number of methoxy groups -OCH3 is 1. The average Bonchev–Trinajstić information content (AvgIpc) is 2.35. The van der Waals surface area contributed by atoms with Gasteiger partial charge in [0, 0.05) is 32.3 Å². The maximum Gasteiger partial charge on any atom is 0.0630 e. The highest BCUT2D eigenvalue weighted by Gasteiger charge is 2.20. The third-order valence-electron chi connectivity index (χ3n) is 4.02. The highest BCUT2D eigenvalue weighted by atomic mass is 16.5. The van der Waals surface area contributed by atoms with Gasteiger partial charge in [-0.3, -0.25) is 4.90 Å². The van der Waals surface area contributed by atoms with Gasteiger partial charge in [0.25, 0.3) is 0 Å². The van der Waals surface area contributed by atoms with E-state index in [4.69, 9.17) is 4.74 Å². The molecule has 0 aromatic carbocycles. The van der Waals surface area contributed by atoms with Gasteiger partial charge in [0.05, 0.1) is 6.61 Å². The molecule has 1 aliphatic rings. The molecule has 1 rings (SSSR count). The van der Waals surface area contributed by atoms with Crippen molar-refractivity contribution in [1.29, 1.82) is 0 Å². The molecule has 0 saturated heterocycles. The molecule has 3 nitrogen and oxygen atoms in total. The molecule has 0 heterocycles. The van der Waals surface area contributed by atoms with Crippen molar-refractivity contribution in [3.63, 3.8) is 0 Å². The molecule has 18 heavy (non-hydrogen) atoms. The van der Waals surface area contributed by atoms with Gasteiger partial charge in [0.1, 0.15) is 0 Å². The van der Waals surface area contributed by atoms with Crippen LogP contribution in [0, 0.1) is 5.92 Å². The Balaban J connectivity index is 2.34. The first-order chi connectivity index (χ1) is 8.63. The van der Waals surface area contributed by atoms with Crippen LogP contribution < -0.4 is 5.32 Å². The van der Waals surface area contributed by atoms with Crippen molar-refractivity contribution in [3.8, 4) is 0 Å². The third kappa shape index (κ3) is 6.17. The van der Waals surface area contributed by atoms with E-state index >= 15 is 0 Å². The summed E-state index contributed by atoms with van der Waals surface area (Å²) in [5.41, 5.74) is 0. The van der Waals surface area contributed by atoms with Gasteiger partial charge in [-0.15, -0.1) is 0 Å². The van der Waals surface area contributed by atoms with Gasteiger partial charge in [-0.2, -0.15) is 0 Å². The van der Waals surface area contributed by atoms with Gasteiger partial charge in [0.15, 0.2) is 0 Å². The molecule has 0 aromatic heterocycles. The molecule has 0 spiro atoms. The molecule has 0 amide bonds. The Morgan fingerprint density at radius 2 is 1.89 bits per heavy atom. The number of likely N-dealkylation sites (N-methyl/N-ethyl adjacent to an activating group) is 1. The van der Waals surface area contributed by atoms with Gasteiger partial charge in [-0.05, 0) is 25.8 Å². The normalized spacial score (nSPS) is 19.7. The monoisotopic (exact) mass is 256 g/mol. The SMILES string of the molecule is COCC(CNC(C)C)N(C)CC1CCCCC1. The van der Waals surface area contributed by atoms with Crippen molar-refractivity contribution < 1.29 is 4.74 Å². The quantitative estimate of drug-likeness (QED) is 0.722. The summed E-state index contributed by atoms with van der Waals surface area (Å²) in [6.07, 6.45) is 7.13. The second-order valence-electron chi connectivity index (χ2n) is 6.12. The van der Waals surface area contributed by atoms with Crippen molar-refractivity contribution in [2.75, 3.05) is 33.9 Å². The van der Waals surface area contributed by atoms with Crippen LogP contribution >= 0.6 is 0 Å². The first-order valence-electron chi connectivity index (χ1n) is 7.56. The maximum absolute atomic E-state index is 5.36. The second-order valence-corrected chi connectivity index (χ2v) is 6.12. The Morgan fingerprint density at radius 3 is 2.44 bits per heavy atom. The Labute approximate surface area is 113 Å². The Bertz CT molecular complexity index is 203. The van der Waals surface area contributed by atoms with Crippen LogP contribution in [0.1, 0.15) is 46.0 Å². The van der Waals surface area contributed by atoms with Crippen molar-refractivity contribution >= 4 is 0 Å². The van der Waals surface area contributed by atoms with Crippen LogP contribution in [0.25, 0.3) is 0 Å². The summed E-state index contributed by atoms with van der Waals surface area (Å²) < 4.78 is 5.36. The van der Waals surface area contributed by atoms with Crippen LogP contribution in [-0.4, -0.2) is 50.8 Å². The highest BCUT2D eigenvalue weighted by molar-refractivity contribution is 4.76. The average molecular weight is 256 g/mol. The minimum Gasteiger partial charge on any atom is -0.383 e. The molecule has 0 radical (unpaired) electrons. The molecule has 1 atom stereocenters. The fourth-order valence-corrected chi connectivity index (χ4v) is 2.83. The summed E-state index contributed by atoms with van der Waals surface area (Å²) in [4.78, 5) is 2.49. The lowest BCUT2D eigenvalue weighted by molar-refractivity contribution is 0.0892. The van der Waals surface area contributed by atoms with E-state index in [1.807, 2.05) is 0 Å². The lowest BCUT2D eigenvalue weighted by Gasteiger charge is -2.33. The predicted molar refractivity (Wildman–Crippen MR) is 78.0 cm³/mol. The van der Waals surface area contributed by atoms with E-state index < -0.39 is 0 Å². The molecular weight excluding hydrogens is 224 g/mol. The molecule has 3 heteroatoms. The van der Waals surface area contributed by atoms with Crippen LogP contribution in [0.15, 0.2) is 0 Å². The number of rotatable bonds is 8. The minimum atomic E-state index is 0.499. The van der Waals surface area contributed by atoms with Crippen LogP contribution in [0.2, 0.25) is 0 Å². The number of hydrogen-bond donors (Lipinski definition) is 1. The molecular formula is C15H32N2O. The largest absolute Gasteiger partial charge is 0.383 e. The third-order valence-corrected chi connectivity index (χ3v) is 4.02. The molecule has 0 aliphatic heterocycles. The van der Waals surface area contributed by atoms with E-state index in [2.05, 4.69) is 31.1 Å². The standard InChI is InChI=1S/C15H32N2O/c1-13(2)16-10-15(12-18-4)17(3)11-14-8-6-5-7-9-14/h13-16H,5-12H2,1-4H3. The Morgan fingerprint density at radius 1 is 1.22 bits per heavy atom. The number of ether oxygens (including phenoxy) is 1. The van der Waals surface area contributed by atoms with Crippen LogP contribution in [0.4, 0.5) is 0 Å². The fraction of sp³-hybridized carbons (Fsp3) is 1.00. The topological polar surface area (TPSA) is 24.5 Å². The minimum absolute atomic E-state index is 0.499. The Hall–Kier alpha value is -0.120. The number of hydrogen-bond acceptors (Lipinski definition) is 3. The lowest BCUT2D eigenvalue weighted by atomic mass is 9.89. The second kappa shape index (κ2) is 8.89. The zero-order chi connectivity index (χ0) is 13.4. The first kappa shape index (κ1) is 15.9. The van der Waals surface area contributed by atoms with Gasteiger partial charge >= 0.3 is 0 Å². The van der Waals surface area contributed by atoms with Crippen molar-refractivity contribution in [2.24, 2.45) is 5.92 Å². The predicted octanol–water partition coefficient (Wildman–Crippen LogP) is 2.51.